The van der Waals surface area contributed by atoms with E-state index in [4.69, 9.17) is 9.47 Å². The van der Waals surface area contributed by atoms with Gasteiger partial charge in [-0.05, 0) is 42.3 Å². The highest BCUT2D eigenvalue weighted by Crippen LogP contribution is 2.18. The third-order valence-corrected chi connectivity index (χ3v) is 4.30. The fourth-order valence-corrected chi connectivity index (χ4v) is 2.79. The summed E-state index contributed by atoms with van der Waals surface area (Å²) in [7, 11) is 0. The quantitative estimate of drug-likeness (QED) is 0.564. The number of amides is 2. The van der Waals surface area contributed by atoms with E-state index in [1.807, 2.05) is 55.5 Å². The van der Waals surface area contributed by atoms with Crippen molar-refractivity contribution in [3.63, 3.8) is 0 Å². The summed E-state index contributed by atoms with van der Waals surface area (Å²) in [4.78, 5) is 24.4. The van der Waals surface area contributed by atoms with E-state index in [0.717, 1.165) is 17.5 Å². The smallest absolute Gasteiger partial charge is 0.276 e. The Morgan fingerprint density at radius 3 is 2.40 bits per heavy atom. The van der Waals surface area contributed by atoms with Crippen molar-refractivity contribution in [2.24, 2.45) is 0 Å². The molecule has 0 aromatic heterocycles. The molecule has 0 aliphatic rings. The third kappa shape index (κ3) is 6.38. The lowest BCUT2D eigenvalue weighted by molar-refractivity contribution is -0.123. The summed E-state index contributed by atoms with van der Waals surface area (Å²) < 4.78 is 11.2. The van der Waals surface area contributed by atoms with Crippen LogP contribution in [-0.2, 0) is 11.2 Å². The summed E-state index contributed by atoms with van der Waals surface area (Å²) in [5.74, 6) is 0.117. The van der Waals surface area contributed by atoms with Gasteiger partial charge in [-0.1, -0.05) is 54.6 Å². The first kappa shape index (κ1) is 20.9. The minimum Gasteiger partial charge on any atom is -0.492 e. The van der Waals surface area contributed by atoms with Gasteiger partial charge in [0.1, 0.15) is 11.5 Å². The molecule has 3 aromatic carbocycles. The first-order valence-corrected chi connectivity index (χ1v) is 9.66. The van der Waals surface area contributed by atoms with Crippen molar-refractivity contribution in [1.29, 1.82) is 0 Å². The molecule has 0 aliphatic carbocycles. The molecule has 0 atom stereocenters. The van der Waals surface area contributed by atoms with Crippen molar-refractivity contribution in [3.8, 4) is 11.5 Å². The summed E-state index contributed by atoms with van der Waals surface area (Å²) in [5.41, 5.74) is 7.28. The van der Waals surface area contributed by atoms with Gasteiger partial charge in [-0.3, -0.25) is 20.4 Å². The minimum absolute atomic E-state index is 0.209. The van der Waals surface area contributed by atoms with Crippen LogP contribution >= 0.6 is 0 Å². The molecule has 6 nitrogen and oxygen atoms in total. The van der Waals surface area contributed by atoms with Gasteiger partial charge in [0.25, 0.3) is 11.8 Å². The van der Waals surface area contributed by atoms with Crippen LogP contribution in [0.1, 0.15) is 21.5 Å². The SMILES string of the molecule is Cc1cccc(OCC(=O)NNC(=O)c2ccccc2OCCc2ccccc2)c1. The van der Waals surface area contributed by atoms with Gasteiger partial charge in [-0.15, -0.1) is 0 Å². The maximum absolute atomic E-state index is 12.5. The van der Waals surface area contributed by atoms with Crippen molar-refractivity contribution >= 4 is 11.8 Å². The predicted octanol–water partition coefficient (Wildman–Crippen LogP) is 3.46. The summed E-state index contributed by atoms with van der Waals surface area (Å²) in [5, 5.41) is 0. The lowest BCUT2D eigenvalue weighted by atomic mass is 10.1. The van der Waals surface area contributed by atoms with Gasteiger partial charge >= 0.3 is 0 Å². The number of benzene rings is 3. The fourth-order valence-electron chi connectivity index (χ4n) is 2.79. The van der Waals surface area contributed by atoms with Crippen molar-refractivity contribution in [2.75, 3.05) is 13.2 Å². The lowest BCUT2D eigenvalue weighted by Gasteiger charge is -2.13. The van der Waals surface area contributed by atoms with Gasteiger partial charge in [0, 0.05) is 6.42 Å². The van der Waals surface area contributed by atoms with Gasteiger partial charge in [0.2, 0.25) is 0 Å². The molecule has 2 amide bonds. The van der Waals surface area contributed by atoms with Crippen LogP contribution in [0, 0.1) is 6.92 Å². The van der Waals surface area contributed by atoms with E-state index >= 15 is 0 Å². The van der Waals surface area contributed by atoms with Crippen molar-refractivity contribution < 1.29 is 19.1 Å². The average Bonchev–Trinajstić information content (AvgIpc) is 2.77. The Balaban J connectivity index is 1.48. The van der Waals surface area contributed by atoms with Gasteiger partial charge < -0.3 is 9.47 Å². The number of hydrazine groups is 1. The number of carbonyl (C=O) groups excluding carboxylic acids is 2. The van der Waals surface area contributed by atoms with Crippen molar-refractivity contribution in [1.82, 2.24) is 10.9 Å². The van der Waals surface area contributed by atoms with Gasteiger partial charge in [-0.2, -0.15) is 0 Å². The molecule has 6 heteroatoms. The first-order valence-electron chi connectivity index (χ1n) is 9.66. The molecule has 0 saturated heterocycles. The molecule has 0 unspecified atom stereocenters. The second-order valence-electron chi connectivity index (χ2n) is 6.69. The topological polar surface area (TPSA) is 76.7 Å². The number of para-hydroxylation sites is 1. The van der Waals surface area contributed by atoms with E-state index in [1.165, 1.54) is 0 Å². The molecule has 0 saturated carbocycles. The van der Waals surface area contributed by atoms with Crippen LogP contribution in [0.3, 0.4) is 0 Å². The molecule has 0 radical (unpaired) electrons. The molecule has 3 aromatic rings. The molecule has 0 aliphatic heterocycles. The molecule has 3 rings (SSSR count). The molecule has 0 bridgehead atoms. The van der Waals surface area contributed by atoms with E-state index in [0.29, 0.717) is 23.7 Å². The third-order valence-electron chi connectivity index (χ3n) is 4.30. The predicted molar refractivity (Wildman–Crippen MR) is 114 cm³/mol. The first-order chi connectivity index (χ1) is 14.6. The summed E-state index contributed by atoms with van der Waals surface area (Å²) in [6.45, 7) is 2.16. The minimum atomic E-state index is -0.465. The molecule has 154 valence electrons. The number of nitrogens with one attached hydrogen (secondary N) is 2. The molecular weight excluding hydrogens is 380 g/mol. The highest BCUT2D eigenvalue weighted by molar-refractivity contribution is 5.97. The Bertz CT molecular complexity index is 989. The number of rotatable bonds is 8. The van der Waals surface area contributed by atoms with Crippen LogP contribution in [0.5, 0.6) is 11.5 Å². The molecular formula is C24H24N2O4. The molecule has 30 heavy (non-hydrogen) atoms. The van der Waals surface area contributed by atoms with Crippen LogP contribution in [-0.4, -0.2) is 25.0 Å². The number of hydrogen-bond acceptors (Lipinski definition) is 4. The zero-order valence-electron chi connectivity index (χ0n) is 16.8. The molecule has 0 spiro atoms. The highest BCUT2D eigenvalue weighted by atomic mass is 16.5. The van der Waals surface area contributed by atoms with Crippen LogP contribution in [0.4, 0.5) is 0 Å². The summed E-state index contributed by atoms with van der Waals surface area (Å²) in [6, 6.07) is 24.2. The normalized spacial score (nSPS) is 10.2. The number of carbonyl (C=O) groups is 2. The average molecular weight is 404 g/mol. The van der Waals surface area contributed by atoms with Crippen molar-refractivity contribution in [2.45, 2.75) is 13.3 Å². The van der Waals surface area contributed by atoms with E-state index in [-0.39, 0.29) is 6.61 Å². The van der Waals surface area contributed by atoms with Gasteiger partial charge in [0.05, 0.1) is 12.2 Å². The Hall–Kier alpha value is -3.80. The Labute approximate surface area is 175 Å². The van der Waals surface area contributed by atoms with Crippen LogP contribution < -0.4 is 20.3 Å². The van der Waals surface area contributed by atoms with Crippen molar-refractivity contribution in [3.05, 3.63) is 95.6 Å². The monoisotopic (exact) mass is 404 g/mol. The van der Waals surface area contributed by atoms with Gasteiger partial charge in [0.15, 0.2) is 6.61 Å². The van der Waals surface area contributed by atoms with E-state index < -0.39 is 11.8 Å². The highest BCUT2D eigenvalue weighted by Gasteiger charge is 2.13. The number of aryl methyl sites for hydroxylation is 1. The molecule has 2 N–H and O–H groups in total. The zero-order valence-corrected chi connectivity index (χ0v) is 16.8. The maximum atomic E-state index is 12.5. The standard InChI is InChI=1S/C24H24N2O4/c1-18-8-7-11-20(16-18)30-17-23(27)25-26-24(28)21-12-5-6-13-22(21)29-15-14-19-9-3-2-4-10-19/h2-13,16H,14-15,17H2,1H3,(H,25,27)(H,26,28). The lowest BCUT2D eigenvalue weighted by Crippen LogP contribution is -2.43. The number of ether oxygens (including phenoxy) is 2. The largest absolute Gasteiger partial charge is 0.492 e. The Morgan fingerprint density at radius 2 is 1.60 bits per heavy atom. The second kappa shape index (κ2) is 10.7. The zero-order chi connectivity index (χ0) is 21.2. The van der Waals surface area contributed by atoms with Gasteiger partial charge in [-0.25, -0.2) is 0 Å². The molecule has 0 heterocycles. The maximum Gasteiger partial charge on any atom is 0.276 e. The summed E-state index contributed by atoms with van der Waals surface area (Å²) >= 11 is 0. The Kier molecular flexibility index (Phi) is 7.44. The summed E-state index contributed by atoms with van der Waals surface area (Å²) in [6.07, 6.45) is 0.726. The number of hydrogen-bond donors (Lipinski definition) is 2. The van der Waals surface area contributed by atoms with E-state index in [2.05, 4.69) is 10.9 Å². The van der Waals surface area contributed by atoms with Crippen LogP contribution in [0.2, 0.25) is 0 Å². The molecule has 0 fully saturated rings. The van der Waals surface area contributed by atoms with Crippen LogP contribution in [0.25, 0.3) is 0 Å². The van der Waals surface area contributed by atoms with E-state index in [1.54, 1.807) is 30.3 Å². The van der Waals surface area contributed by atoms with Crippen LogP contribution in [0.15, 0.2) is 78.9 Å². The Morgan fingerprint density at radius 1 is 0.833 bits per heavy atom. The second-order valence-corrected chi connectivity index (χ2v) is 6.69. The van der Waals surface area contributed by atoms with E-state index in [9.17, 15) is 9.59 Å². The fraction of sp³-hybridized carbons (Fsp3) is 0.167.